The van der Waals surface area contributed by atoms with Gasteiger partial charge in [-0.15, -0.1) is 0 Å². The molecule has 5 rings (SSSR count). The van der Waals surface area contributed by atoms with E-state index in [0.717, 1.165) is 43.3 Å². The third kappa shape index (κ3) is 4.06. The fraction of sp³-hybridized carbons (Fsp3) is 0.455. The van der Waals surface area contributed by atoms with E-state index >= 15 is 0 Å². The van der Waals surface area contributed by atoms with Crippen LogP contribution in [0.4, 0.5) is 11.6 Å². The van der Waals surface area contributed by atoms with Crippen molar-refractivity contribution in [2.45, 2.75) is 37.8 Å². The van der Waals surface area contributed by atoms with Crippen molar-refractivity contribution in [3.63, 3.8) is 0 Å². The van der Waals surface area contributed by atoms with E-state index in [0.29, 0.717) is 12.5 Å². The molecule has 1 saturated heterocycles. The molecule has 1 aliphatic carbocycles. The summed E-state index contributed by atoms with van der Waals surface area (Å²) in [5, 5.41) is 25.1. The average Bonchev–Trinajstić information content (AvgIpc) is 3.51. The van der Waals surface area contributed by atoms with Crippen LogP contribution in [0.25, 0.3) is 5.65 Å². The molecule has 2 aliphatic rings. The highest BCUT2D eigenvalue weighted by Crippen LogP contribution is 2.42. The molecule has 1 aromatic carbocycles. The van der Waals surface area contributed by atoms with Crippen molar-refractivity contribution in [1.29, 1.82) is 0 Å². The van der Waals surface area contributed by atoms with E-state index in [1.54, 1.807) is 0 Å². The van der Waals surface area contributed by atoms with Gasteiger partial charge in [-0.1, -0.05) is 30.3 Å². The molecule has 3 aromatic rings. The van der Waals surface area contributed by atoms with Crippen molar-refractivity contribution < 1.29 is 5.11 Å². The number of nitrogens with one attached hydrogen (secondary N) is 3. The molecule has 3 heterocycles. The third-order valence-electron chi connectivity index (χ3n) is 5.97. The number of β-amino-alcohol motifs (C(OH)–C–C–N with tert-alkyl or cyclic N) is 1. The van der Waals surface area contributed by atoms with Gasteiger partial charge in [0.2, 0.25) is 0 Å². The SMILES string of the molecule is O[C@H]1CNCC[C@@H]1CNc1cc(NCc2ccccc2)n2ncc(C3CC3)c2n1. The first-order chi connectivity index (χ1) is 14.3. The van der Waals surface area contributed by atoms with Crippen molar-refractivity contribution in [3.05, 3.63) is 53.7 Å². The summed E-state index contributed by atoms with van der Waals surface area (Å²) >= 11 is 0. The number of anilines is 2. The molecule has 0 unspecified atom stereocenters. The van der Waals surface area contributed by atoms with Crippen molar-refractivity contribution >= 4 is 17.3 Å². The molecule has 0 radical (unpaired) electrons. The van der Waals surface area contributed by atoms with E-state index in [2.05, 4.69) is 45.3 Å². The highest BCUT2D eigenvalue weighted by Gasteiger charge is 2.28. The van der Waals surface area contributed by atoms with Gasteiger partial charge in [0, 0.05) is 37.2 Å². The minimum atomic E-state index is -0.312. The molecular weight excluding hydrogens is 364 g/mol. The third-order valence-corrected chi connectivity index (χ3v) is 5.97. The summed E-state index contributed by atoms with van der Waals surface area (Å²) in [7, 11) is 0. The maximum absolute atomic E-state index is 10.2. The molecular formula is C22H28N6O. The molecule has 2 fully saturated rings. The van der Waals surface area contributed by atoms with Crippen LogP contribution < -0.4 is 16.0 Å². The van der Waals surface area contributed by atoms with Crippen LogP contribution >= 0.6 is 0 Å². The second kappa shape index (κ2) is 8.00. The molecule has 7 heteroatoms. The van der Waals surface area contributed by atoms with Gasteiger partial charge in [0.1, 0.15) is 11.6 Å². The number of hydrogen-bond donors (Lipinski definition) is 4. The minimum Gasteiger partial charge on any atom is -0.391 e. The Morgan fingerprint density at radius 3 is 2.79 bits per heavy atom. The van der Waals surface area contributed by atoms with E-state index in [1.807, 2.05) is 22.8 Å². The maximum atomic E-state index is 10.2. The molecule has 152 valence electrons. The van der Waals surface area contributed by atoms with E-state index < -0.39 is 0 Å². The highest BCUT2D eigenvalue weighted by atomic mass is 16.3. The van der Waals surface area contributed by atoms with Gasteiger partial charge < -0.3 is 21.1 Å². The number of piperidine rings is 1. The largest absolute Gasteiger partial charge is 0.391 e. The van der Waals surface area contributed by atoms with Gasteiger partial charge >= 0.3 is 0 Å². The number of aliphatic hydroxyl groups is 1. The smallest absolute Gasteiger partial charge is 0.163 e. The molecule has 7 nitrogen and oxygen atoms in total. The second-order valence-corrected chi connectivity index (χ2v) is 8.18. The molecule has 1 saturated carbocycles. The number of fused-ring (bicyclic) bond motifs is 1. The Kier molecular flexibility index (Phi) is 5.08. The Morgan fingerprint density at radius 2 is 2.00 bits per heavy atom. The van der Waals surface area contributed by atoms with E-state index in [-0.39, 0.29) is 12.0 Å². The standard InChI is InChI=1S/C22H28N6O/c29-19-14-23-9-8-17(19)12-24-20-10-21(25-11-15-4-2-1-3-5-15)28-22(27-20)18(13-26-28)16-6-7-16/h1-5,10,13,16-17,19,23,25,29H,6-9,11-12,14H2,(H,24,27)/t17-,19+/m1/s1. The van der Waals surface area contributed by atoms with E-state index in [4.69, 9.17) is 4.98 Å². The fourth-order valence-electron chi connectivity index (χ4n) is 4.04. The molecule has 0 bridgehead atoms. The summed E-state index contributed by atoms with van der Waals surface area (Å²) in [6.45, 7) is 3.06. The first-order valence-corrected chi connectivity index (χ1v) is 10.6. The predicted molar refractivity (Wildman–Crippen MR) is 114 cm³/mol. The summed E-state index contributed by atoms with van der Waals surface area (Å²) in [5.74, 6) is 2.59. The monoisotopic (exact) mass is 392 g/mol. The van der Waals surface area contributed by atoms with Crippen LogP contribution in [-0.2, 0) is 6.54 Å². The Hall–Kier alpha value is -2.64. The first kappa shape index (κ1) is 18.4. The molecule has 1 aliphatic heterocycles. The average molecular weight is 393 g/mol. The van der Waals surface area contributed by atoms with Gasteiger partial charge in [0.25, 0.3) is 0 Å². The van der Waals surface area contributed by atoms with Gasteiger partial charge in [-0.3, -0.25) is 0 Å². The maximum Gasteiger partial charge on any atom is 0.163 e. The number of aromatic nitrogens is 3. The fourth-order valence-corrected chi connectivity index (χ4v) is 4.04. The molecule has 2 aromatic heterocycles. The van der Waals surface area contributed by atoms with Crippen LogP contribution in [0.1, 0.15) is 36.3 Å². The lowest BCUT2D eigenvalue weighted by Gasteiger charge is -2.28. The number of benzene rings is 1. The lowest BCUT2D eigenvalue weighted by molar-refractivity contribution is 0.0883. The summed E-state index contributed by atoms with van der Waals surface area (Å²) in [4.78, 5) is 4.87. The lowest BCUT2D eigenvalue weighted by atomic mass is 9.95. The van der Waals surface area contributed by atoms with Crippen LogP contribution in [0.15, 0.2) is 42.6 Å². The van der Waals surface area contributed by atoms with Crippen LogP contribution in [0.2, 0.25) is 0 Å². The first-order valence-electron chi connectivity index (χ1n) is 10.6. The van der Waals surface area contributed by atoms with Crippen LogP contribution in [0.3, 0.4) is 0 Å². The lowest BCUT2D eigenvalue weighted by Crippen LogP contribution is -2.43. The zero-order valence-electron chi connectivity index (χ0n) is 16.5. The predicted octanol–water partition coefficient (Wildman–Crippen LogP) is 2.60. The van der Waals surface area contributed by atoms with Crippen molar-refractivity contribution in [2.24, 2.45) is 5.92 Å². The summed E-state index contributed by atoms with van der Waals surface area (Å²) in [6, 6.07) is 12.4. The van der Waals surface area contributed by atoms with Gasteiger partial charge in [-0.2, -0.15) is 9.61 Å². The van der Waals surface area contributed by atoms with Crippen molar-refractivity contribution in [3.8, 4) is 0 Å². The number of nitrogens with zero attached hydrogens (tertiary/aromatic N) is 3. The number of hydrogen-bond acceptors (Lipinski definition) is 6. The van der Waals surface area contributed by atoms with Gasteiger partial charge in [0.15, 0.2) is 5.65 Å². The summed E-state index contributed by atoms with van der Waals surface area (Å²) in [6.07, 6.45) is 5.06. The van der Waals surface area contributed by atoms with Crippen molar-refractivity contribution in [1.82, 2.24) is 19.9 Å². The number of aliphatic hydroxyl groups excluding tert-OH is 1. The zero-order chi connectivity index (χ0) is 19.6. The van der Waals surface area contributed by atoms with E-state index in [1.165, 1.54) is 24.0 Å². The second-order valence-electron chi connectivity index (χ2n) is 8.18. The van der Waals surface area contributed by atoms with Crippen LogP contribution in [0.5, 0.6) is 0 Å². The number of rotatable bonds is 7. The normalized spacial score (nSPS) is 22.0. The summed E-state index contributed by atoms with van der Waals surface area (Å²) < 4.78 is 1.92. The topological polar surface area (TPSA) is 86.5 Å². The molecule has 2 atom stereocenters. The van der Waals surface area contributed by atoms with Gasteiger partial charge in [-0.25, -0.2) is 4.98 Å². The van der Waals surface area contributed by atoms with E-state index in [9.17, 15) is 5.11 Å². The minimum absolute atomic E-state index is 0.239. The Labute approximate surface area is 170 Å². The quantitative estimate of drug-likeness (QED) is 0.495. The highest BCUT2D eigenvalue weighted by molar-refractivity contribution is 5.61. The van der Waals surface area contributed by atoms with Crippen LogP contribution in [-0.4, -0.2) is 45.4 Å². The Bertz CT molecular complexity index is 968. The summed E-state index contributed by atoms with van der Waals surface area (Å²) in [5.41, 5.74) is 3.39. The van der Waals surface area contributed by atoms with Gasteiger partial charge in [0.05, 0.1) is 12.3 Å². The molecule has 4 N–H and O–H groups in total. The van der Waals surface area contributed by atoms with Crippen LogP contribution in [0, 0.1) is 5.92 Å². The Balaban J connectivity index is 1.39. The zero-order valence-corrected chi connectivity index (χ0v) is 16.5. The molecule has 0 amide bonds. The van der Waals surface area contributed by atoms with Gasteiger partial charge in [-0.05, 0) is 37.3 Å². The Morgan fingerprint density at radius 1 is 1.14 bits per heavy atom. The molecule has 29 heavy (non-hydrogen) atoms. The molecule has 0 spiro atoms. The van der Waals surface area contributed by atoms with Crippen molar-refractivity contribution in [2.75, 3.05) is 30.3 Å².